The number of fused-ring (bicyclic) bond motifs is 1. The van der Waals surface area contributed by atoms with Gasteiger partial charge in [-0.3, -0.25) is 14.3 Å². The molecule has 0 aliphatic rings. The van der Waals surface area contributed by atoms with E-state index in [2.05, 4.69) is 9.97 Å². The molecule has 0 aromatic carbocycles. The highest BCUT2D eigenvalue weighted by molar-refractivity contribution is 5.70. The number of imidazole rings is 1. The second-order valence-electron chi connectivity index (χ2n) is 3.83. The van der Waals surface area contributed by atoms with Gasteiger partial charge in [-0.1, -0.05) is 12.2 Å². The molecule has 0 spiro atoms. The highest BCUT2D eigenvalue weighted by Crippen LogP contribution is 2.09. The Morgan fingerprint density at radius 2 is 2.12 bits per heavy atom. The Morgan fingerprint density at radius 3 is 2.76 bits per heavy atom. The zero-order chi connectivity index (χ0) is 12.6. The minimum absolute atomic E-state index is 0.395. The molecule has 1 N–H and O–H groups in total. The number of nitrogens with zero attached hydrogens (tertiary/aromatic N) is 3. The van der Waals surface area contributed by atoms with E-state index in [1.807, 2.05) is 26.0 Å². The normalized spacial score (nSPS) is 11.7. The lowest BCUT2D eigenvalue weighted by Crippen LogP contribution is -2.29. The highest BCUT2D eigenvalue weighted by Gasteiger charge is 2.13. The molecule has 0 aliphatic carbocycles. The molecule has 2 aromatic rings. The molecule has 0 fully saturated rings. The van der Waals surface area contributed by atoms with Crippen molar-refractivity contribution >= 4 is 11.2 Å². The minimum atomic E-state index is -0.446. The zero-order valence-electron chi connectivity index (χ0n) is 10.0. The number of aromatic amines is 1. The van der Waals surface area contributed by atoms with Crippen molar-refractivity contribution in [2.45, 2.75) is 20.4 Å². The molecule has 0 unspecified atom stereocenters. The van der Waals surface area contributed by atoms with Crippen molar-refractivity contribution in [3.05, 3.63) is 38.8 Å². The molecule has 2 heterocycles. The van der Waals surface area contributed by atoms with Gasteiger partial charge in [0.05, 0.1) is 0 Å². The van der Waals surface area contributed by atoms with Gasteiger partial charge < -0.3 is 4.57 Å². The molecule has 0 bridgehead atoms. The van der Waals surface area contributed by atoms with Crippen LogP contribution < -0.4 is 11.2 Å². The van der Waals surface area contributed by atoms with E-state index in [4.69, 9.17) is 0 Å². The maximum atomic E-state index is 11.8. The van der Waals surface area contributed by atoms with Crippen LogP contribution in [0.2, 0.25) is 0 Å². The predicted octanol–water partition coefficient (Wildman–Crippen LogP) is 0.308. The van der Waals surface area contributed by atoms with Gasteiger partial charge in [-0.05, 0) is 13.8 Å². The molecule has 2 aromatic heterocycles. The fourth-order valence-corrected chi connectivity index (χ4v) is 1.78. The first-order valence-corrected chi connectivity index (χ1v) is 5.33. The van der Waals surface area contributed by atoms with Crippen LogP contribution in [-0.4, -0.2) is 19.1 Å². The largest absolute Gasteiger partial charge is 0.329 e. The number of nitrogens with one attached hydrogen (secondary N) is 1. The Morgan fingerprint density at radius 1 is 1.41 bits per heavy atom. The van der Waals surface area contributed by atoms with Crippen molar-refractivity contribution in [2.75, 3.05) is 0 Å². The maximum absolute atomic E-state index is 11.8. The lowest BCUT2D eigenvalue weighted by Gasteiger charge is -2.02. The molecule has 0 amide bonds. The molecule has 90 valence electrons. The van der Waals surface area contributed by atoms with Gasteiger partial charge in [-0.2, -0.15) is 0 Å². The van der Waals surface area contributed by atoms with Gasteiger partial charge in [0, 0.05) is 13.6 Å². The Hall–Kier alpha value is -2.11. The third-order valence-corrected chi connectivity index (χ3v) is 2.72. The number of hydrogen-bond donors (Lipinski definition) is 1. The first kappa shape index (κ1) is 11.4. The number of aromatic nitrogens is 4. The van der Waals surface area contributed by atoms with Crippen LogP contribution in [-0.2, 0) is 13.6 Å². The van der Waals surface area contributed by atoms with Crippen LogP contribution in [0.5, 0.6) is 0 Å². The summed E-state index contributed by atoms with van der Waals surface area (Å²) >= 11 is 0. The van der Waals surface area contributed by atoms with Crippen LogP contribution in [0.15, 0.2) is 21.7 Å². The van der Waals surface area contributed by atoms with Crippen molar-refractivity contribution in [2.24, 2.45) is 7.05 Å². The average molecular weight is 234 g/mol. The number of H-pyrrole nitrogens is 1. The van der Waals surface area contributed by atoms with Crippen LogP contribution in [0.25, 0.3) is 11.2 Å². The van der Waals surface area contributed by atoms with Gasteiger partial charge >= 0.3 is 5.69 Å². The van der Waals surface area contributed by atoms with Crippen LogP contribution in [0.4, 0.5) is 0 Å². The van der Waals surface area contributed by atoms with E-state index < -0.39 is 11.2 Å². The van der Waals surface area contributed by atoms with Gasteiger partial charge in [-0.15, -0.1) is 0 Å². The number of allylic oxidation sites excluding steroid dienone is 2. The quantitative estimate of drug-likeness (QED) is 0.760. The Balaban J connectivity index is 2.87. The van der Waals surface area contributed by atoms with Gasteiger partial charge in [0.15, 0.2) is 11.2 Å². The van der Waals surface area contributed by atoms with E-state index >= 15 is 0 Å². The molecular weight excluding hydrogens is 220 g/mol. The first-order chi connectivity index (χ1) is 8.06. The monoisotopic (exact) mass is 234 g/mol. The minimum Gasteiger partial charge on any atom is -0.318 e. The first-order valence-electron chi connectivity index (χ1n) is 5.33. The van der Waals surface area contributed by atoms with Crippen molar-refractivity contribution in [3.8, 4) is 0 Å². The van der Waals surface area contributed by atoms with Gasteiger partial charge in [-0.25, -0.2) is 9.78 Å². The zero-order valence-corrected chi connectivity index (χ0v) is 10.0. The smallest absolute Gasteiger partial charge is 0.318 e. The van der Waals surface area contributed by atoms with Gasteiger partial charge in [0.2, 0.25) is 0 Å². The topological polar surface area (TPSA) is 72.7 Å². The van der Waals surface area contributed by atoms with Crippen molar-refractivity contribution in [3.63, 3.8) is 0 Å². The molecular formula is C11H14N4O2. The van der Waals surface area contributed by atoms with Gasteiger partial charge in [0.1, 0.15) is 5.82 Å². The van der Waals surface area contributed by atoms with Crippen LogP contribution in [0.3, 0.4) is 0 Å². The second kappa shape index (κ2) is 4.04. The third kappa shape index (κ3) is 1.71. The van der Waals surface area contributed by atoms with E-state index in [9.17, 15) is 9.59 Å². The summed E-state index contributed by atoms with van der Waals surface area (Å²) in [5.74, 6) is 0.713. The summed E-state index contributed by atoms with van der Waals surface area (Å²) in [6.07, 6.45) is 3.83. The number of rotatable bonds is 2. The standard InChI is InChI=1S/C11H14N4O2/c1-4-5-6-15-7(2)12-9-8(15)10(16)13-11(17)14(9)3/h4-5H,6H2,1-3H3,(H,13,16,17). The summed E-state index contributed by atoms with van der Waals surface area (Å²) < 4.78 is 3.13. The third-order valence-electron chi connectivity index (χ3n) is 2.72. The number of hydrogen-bond acceptors (Lipinski definition) is 3. The van der Waals surface area contributed by atoms with E-state index in [0.29, 0.717) is 23.5 Å². The average Bonchev–Trinajstić information content (AvgIpc) is 2.61. The van der Waals surface area contributed by atoms with Crippen molar-refractivity contribution < 1.29 is 0 Å². The van der Waals surface area contributed by atoms with E-state index in [1.165, 1.54) is 4.57 Å². The van der Waals surface area contributed by atoms with Crippen molar-refractivity contribution in [1.29, 1.82) is 0 Å². The van der Waals surface area contributed by atoms with E-state index in [1.54, 1.807) is 11.6 Å². The summed E-state index contributed by atoms with van der Waals surface area (Å²) in [4.78, 5) is 29.8. The van der Waals surface area contributed by atoms with Crippen LogP contribution >= 0.6 is 0 Å². The fraction of sp³-hybridized carbons (Fsp3) is 0.364. The lowest BCUT2D eigenvalue weighted by molar-refractivity contribution is 0.797. The van der Waals surface area contributed by atoms with Crippen molar-refractivity contribution in [1.82, 2.24) is 19.1 Å². The molecule has 0 saturated heterocycles. The van der Waals surface area contributed by atoms with Crippen LogP contribution in [0.1, 0.15) is 12.7 Å². The maximum Gasteiger partial charge on any atom is 0.329 e. The molecule has 0 saturated carbocycles. The second-order valence-corrected chi connectivity index (χ2v) is 3.83. The summed E-state index contributed by atoms with van der Waals surface area (Å²) in [6.45, 7) is 4.29. The van der Waals surface area contributed by atoms with E-state index in [-0.39, 0.29) is 0 Å². The molecule has 0 radical (unpaired) electrons. The summed E-state index contributed by atoms with van der Waals surface area (Å²) in [5, 5.41) is 0. The predicted molar refractivity (Wildman–Crippen MR) is 65.1 cm³/mol. The highest BCUT2D eigenvalue weighted by atomic mass is 16.2. The SMILES string of the molecule is CC=CCn1c(C)nc2c1c(=O)[nH]c(=O)n2C. The molecule has 0 aliphatic heterocycles. The van der Waals surface area contributed by atoms with Gasteiger partial charge in [0.25, 0.3) is 5.56 Å². The fourth-order valence-electron chi connectivity index (χ4n) is 1.78. The molecule has 6 nitrogen and oxygen atoms in total. The number of aryl methyl sites for hydroxylation is 2. The Labute approximate surface area is 97.2 Å². The molecule has 17 heavy (non-hydrogen) atoms. The summed E-state index contributed by atoms with van der Waals surface area (Å²) in [6, 6.07) is 0. The lowest BCUT2D eigenvalue weighted by atomic mass is 10.4. The molecule has 0 atom stereocenters. The van der Waals surface area contributed by atoms with E-state index in [0.717, 1.165) is 0 Å². The molecule has 2 rings (SSSR count). The summed E-state index contributed by atoms with van der Waals surface area (Å²) in [5.41, 5.74) is 0.00911. The Kier molecular flexibility index (Phi) is 2.71. The summed E-state index contributed by atoms with van der Waals surface area (Å²) in [7, 11) is 1.59. The Bertz CT molecular complexity index is 703. The van der Waals surface area contributed by atoms with Crippen LogP contribution in [0, 0.1) is 6.92 Å². The molecule has 6 heteroatoms.